The molecule has 0 saturated carbocycles. The minimum Gasteiger partial charge on any atom is -0.435 e. The molecule has 0 fully saturated rings. The average molecular weight is 176 g/mol. The molecule has 1 aromatic rings. The van der Waals surface area contributed by atoms with Crippen LogP contribution in [0.4, 0.5) is 0 Å². The Balaban J connectivity index is 2.73. The maximum atomic E-state index is 11.3. The molecule has 0 aliphatic carbocycles. The number of rotatable bonds is 3. The summed E-state index contributed by atoms with van der Waals surface area (Å²) in [6, 6.07) is 9.50. The molecule has 0 aromatic heterocycles. The number of hydrogen-bond acceptors (Lipinski definition) is 2. The molecule has 0 aliphatic rings. The third-order valence-corrected chi connectivity index (χ3v) is 1.85. The van der Waals surface area contributed by atoms with Gasteiger partial charge >= 0.3 is 5.97 Å². The van der Waals surface area contributed by atoms with Gasteiger partial charge < -0.3 is 4.74 Å². The summed E-state index contributed by atoms with van der Waals surface area (Å²) in [6.07, 6.45) is 1.15. The van der Waals surface area contributed by atoms with Gasteiger partial charge in [0.1, 0.15) is 0 Å². The highest BCUT2D eigenvalue weighted by molar-refractivity contribution is 5.78. The van der Waals surface area contributed by atoms with E-state index in [1.54, 1.807) is 6.92 Å². The standard InChI is InChI=1S/C11H12O2/c1-3-13-11(12)9(2)10-7-5-4-6-8-10/h3-9H,1H2,2H3. The van der Waals surface area contributed by atoms with Crippen LogP contribution in [-0.2, 0) is 9.53 Å². The van der Waals surface area contributed by atoms with Crippen LogP contribution in [0, 0.1) is 0 Å². The lowest BCUT2D eigenvalue weighted by molar-refractivity contribution is -0.139. The lowest BCUT2D eigenvalue weighted by atomic mass is 10.0. The second-order valence-electron chi connectivity index (χ2n) is 2.74. The number of ether oxygens (including phenoxy) is 1. The van der Waals surface area contributed by atoms with Crippen LogP contribution in [-0.4, -0.2) is 5.97 Å². The lowest BCUT2D eigenvalue weighted by Crippen LogP contribution is -2.09. The Morgan fingerprint density at radius 3 is 2.62 bits per heavy atom. The SMILES string of the molecule is C=COC(=O)C(C)c1ccccc1. The molecule has 0 saturated heterocycles. The molecule has 0 radical (unpaired) electrons. The Morgan fingerprint density at radius 1 is 1.46 bits per heavy atom. The molecule has 0 aliphatic heterocycles. The predicted octanol–water partition coefficient (Wildman–Crippen LogP) is 2.48. The first kappa shape index (κ1) is 9.52. The van der Waals surface area contributed by atoms with Crippen LogP contribution in [0.1, 0.15) is 18.4 Å². The lowest BCUT2D eigenvalue weighted by Gasteiger charge is -2.08. The summed E-state index contributed by atoms with van der Waals surface area (Å²) >= 11 is 0. The van der Waals surface area contributed by atoms with Gasteiger partial charge in [0.15, 0.2) is 0 Å². The van der Waals surface area contributed by atoms with Crippen molar-refractivity contribution in [1.82, 2.24) is 0 Å². The molecule has 0 spiro atoms. The zero-order chi connectivity index (χ0) is 9.68. The molecule has 13 heavy (non-hydrogen) atoms. The van der Waals surface area contributed by atoms with Crippen molar-refractivity contribution in [2.24, 2.45) is 0 Å². The Labute approximate surface area is 77.8 Å². The van der Waals surface area contributed by atoms with Crippen LogP contribution in [0.25, 0.3) is 0 Å². The minimum atomic E-state index is -0.277. The monoisotopic (exact) mass is 176 g/mol. The number of esters is 1. The van der Waals surface area contributed by atoms with Crippen molar-refractivity contribution in [1.29, 1.82) is 0 Å². The smallest absolute Gasteiger partial charge is 0.317 e. The maximum absolute atomic E-state index is 11.3. The number of benzene rings is 1. The highest BCUT2D eigenvalue weighted by Gasteiger charge is 2.14. The molecule has 0 heterocycles. The Kier molecular flexibility index (Phi) is 3.26. The highest BCUT2D eigenvalue weighted by atomic mass is 16.5. The molecular formula is C11H12O2. The van der Waals surface area contributed by atoms with E-state index in [0.717, 1.165) is 11.8 Å². The minimum absolute atomic E-state index is 0.237. The van der Waals surface area contributed by atoms with Gasteiger partial charge in [-0.1, -0.05) is 36.9 Å². The van der Waals surface area contributed by atoms with E-state index < -0.39 is 0 Å². The summed E-state index contributed by atoms with van der Waals surface area (Å²) in [4.78, 5) is 11.3. The van der Waals surface area contributed by atoms with Gasteiger partial charge in [-0.25, -0.2) is 0 Å². The Morgan fingerprint density at radius 2 is 2.08 bits per heavy atom. The predicted molar refractivity (Wildman–Crippen MR) is 51.1 cm³/mol. The highest BCUT2D eigenvalue weighted by Crippen LogP contribution is 2.15. The van der Waals surface area contributed by atoms with Crippen LogP contribution >= 0.6 is 0 Å². The molecule has 2 nitrogen and oxygen atoms in total. The molecule has 1 rings (SSSR count). The van der Waals surface area contributed by atoms with E-state index in [1.165, 1.54) is 0 Å². The Bertz CT molecular complexity index is 290. The fourth-order valence-corrected chi connectivity index (χ4v) is 1.06. The second-order valence-corrected chi connectivity index (χ2v) is 2.74. The molecule has 1 atom stereocenters. The van der Waals surface area contributed by atoms with Crippen LogP contribution in [0.15, 0.2) is 43.2 Å². The zero-order valence-corrected chi connectivity index (χ0v) is 7.57. The van der Waals surface area contributed by atoms with Crippen molar-refractivity contribution in [3.05, 3.63) is 48.7 Å². The summed E-state index contributed by atoms with van der Waals surface area (Å²) in [5, 5.41) is 0. The van der Waals surface area contributed by atoms with Crippen LogP contribution in [0.2, 0.25) is 0 Å². The van der Waals surface area contributed by atoms with Gasteiger partial charge in [0.25, 0.3) is 0 Å². The van der Waals surface area contributed by atoms with Crippen molar-refractivity contribution < 1.29 is 9.53 Å². The molecule has 0 amide bonds. The van der Waals surface area contributed by atoms with Gasteiger partial charge in [-0.05, 0) is 12.5 Å². The molecule has 0 N–H and O–H groups in total. The third kappa shape index (κ3) is 2.44. The largest absolute Gasteiger partial charge is 0.435 e. The second kappa shape index (κ2) is 4.45. The number of carbonyl (C=O) groups excluding carboxylic acids is 1. The van der Waals surface area contributed by atoms with E-state index in [9.17, 15) is 4.79 Å². The topological polar surface area (TPSA) is 26.3 Å². The van der Waals surface area contributed by atoms with Crippen LogP contribution in [0.3, 0.4) is 0 Å². The van der Waals surface area contributed by atoms with Crippen molar-refractivity contribution in [2.75, 3.05) is 0 Å². The van der Waals surface area contributed by atoms with Gasteiger partial charge in [0.05, 0.1) is 12.2 Å². The van der Waals surface area contributed by atoms with E-state index in [0.29, 0.717) is 0 Å². The normalized spacial score (nSPS) is 11.8. The van der Waals surface area contributed by atoms with Crippen LogP contribution in [0.5, 0.6) is 0 Å². The van der Waals surface area contributed by atoms with Crippen molar-refractivity contribution in [3.8, 4) is 0 Å². The van der Waals surface area contributed by atoms with Crippen LogP contribution < -0.4 is 0 Å². The molecule has 0 bridgehead atoms. The van der Waals surface area contributed by atoms with Gasteiger partial charge in [-0.3, -0.25) is 4.79 Å². The number of hydrogen-bond donors (Lipinski definition) is 0. The van der Waals surface area contributed by atoms with Gasteiger partial charge in [0, 0.05) is 0 Å². The first-order chi connectivity index (χ1) is 6.25. The van der Waals surface area contributed by atoms with Crippen molar-refractivity contribution in [3.63, 3.8) is 0 Å². The zero-order valence-electron chi connectivity index (χ0n) is 7.57. The summed E-state index contributed by atoms with van der Waals surface area (Å²) in [7, 11) is 0. The van der Waals surface area contributed by atoms with E-state index >= 15 is 0 Å². The molecule has 2 heteroatoms. The molecule has 1 unspecified atom stereocenters. The summed E-state index contributed by atoms with van der Waals surface area (Å²) in [5.41, 5.74) is 0.953. The van der Waals surface area contributed by atoms with Gasteiger partial charge in [-0.2, -0.15) is 0 Å². The van der Waals surface area contributed by atoms with E-state index in [-0.39, 0.29) is 11.9 Å². The van der Waals surface area contributed by atoms with E-state index in [4.69, 9.17) is 0 Å². The van der Waals surface area contributed by atoms with Crippen molar-refractivity contribution in [2.45, 2.75) is 12.8 Å². The van der Waals surface area contributed by atoms with Crippen molar-refractivity contribution >= 4 is 5.97 Å². The summed E-state index contributed by atoms with van der Waals surface area (Å²) in [6.45, 7) is 5.14. The summed E-state index contributed by atoms with van der Waals surface area (Å²) in [5.74, 6) is -0.514. The molecular weight excluding hydrogens is 164 g/mol. The number of carbonyl (C=O) groups is 1. The first-order valence-electron chi connectivity index (χ1n) is 4.12. The third-order valence-electron chi connectivity index (χ3n) is 1.85. The van der Waals surface area contributed by atoms with E-state index in [2.05, 4.69) is 11.3 Å². The molecule has 68 valence electrons. The van der Waals surface area contributed by atoms with E-state index in [1.807, 2.05) is 30.3 Å². The van der Waals surface area contributed by atoms with Gasteiger partial charge in [0.2, 0.25) is 0 Å². The first-order valence-corrected chi connectivity index (χ1v) is 4.12. The molecule has 1 aromatic carbocycles. The Hall–Kier alpha value is -1.57. The van der Waals surface area contributed by atoms with Gasteiger partial charge in [-0.15, -0.1) is 0 Å². The average Bonchev–Trinajstić information content (AvgIpc) is 2.18. The maximum Gasteiger partial charge on any atom is 0.317 e. The summed E-state index contributed by atoms with van der Waals surface area (Å²) < 4.78 is 4.68. The fraction of sp³-hybridized carbons (Fsp3) is 0.182. The fourth-order valence-electron chi connectivity index (χ4n) is 1.06. The quantitative estimate of drug-likeness (QED) is 0.522.